The lowest BCUT2D eigenvalue weighted by Gasteiger charge is -2.26. The van der Waals surface area contributed by atoms with E-state index in [0.717, 1.165) is 44.5 Å². The van der Waals surface area contributed by atoms with Crippen LogP contribution in [0.5, 0.6) is 0 Å². The van der Waals surface area contributed by atoms with Gasteiger partial charge in [-0.2, -0.15) is 0 Å². The molecule has 47 heavy (non-hydrogen) atoms. The first-order valence-electron chi connectivity index (χ1n) is 16.1. The monoisotopic (exact) mass is 604 g/mol. The average molecular weight is 605 g/mol. The van der Waals surface area contributed by atoms with Gasteiger partial charge in [0.2, 0.25) is 5.89 Å². The fourth-order valence-electron chi connectivity index (χ4n) is 7.34. The van der Waals surface area contributed by atoms with Crippen LogP contribution in [0.3, 0.4) is 0 Å². The third kappa shape index (κ3) is 4.39. The fraction of sp³-hybridized carbons (Fsp3) is 0.0682. The number of para-hydroxylation sites is 1. The SMILES string of the molecule is CC1(C)c2ccccc2-c2c(-c3ccc(N(c4ccccc4)c4ccc(-c5nc6ccc7ccccc7c6o5)cc4)cc3)cccc21. The molecule has 0 saturated carbocycles. The topological polar surface area (TPSA) is 29.3 Å². The van der Waals surface area contributed by atoms with E-state index in [0.29, 0.717) is 5.89 Å². The Labute approximate surface area is 274 Å². The summed E-state index contributed by atoms with van der Waals surface area (Å²) in [5.41, 5.74) is 13.8. The molecule has 224 valence electrons. The van der Waals surface area contributed by atoms with Crippen molar-refractivity contribution in [3.8, 4) is 33.7 Å². The molecule has 1 aliphatic carbocycles. The maximum Gasteiger partial charge on any atom is 0.227 e. The largest absolute Gasteiger partial charge is 0.435 e. The van der Waals surface area contributed by atoms with Gasteiger partial charge in [-0.15, -0.1) is 0 Å². The molecule has 7 aromatic carbocycles. The van der Waals surface area contributed by atoms with E-state index in [9.17, 15) is 0 Å². The van der Waals surface area contributed by atoms with Gasteiger partial charge in [-0.05, 0) is 93.4 Å². The predicted molar refractivity (Wildman–Crippen MR) is 195 cm³/mol. The number of aromatic nitrogens is 1. The number of benzene rings is 7. The van der Waals surface area contributed by atoms with E-state index in [-0.39, 0.29) is 5.41 Å². The molecule has 0 saturated heterocycles. The van der Waals surface area contributed by atoms with Crippen molar-refractivity contribution < 1.29 is 4.42 Å². The molecule has 0 aliphatic heterocycles. The van der Waals surface area contributed by atoms with Crippen LogP contribution in [-0.2, 0) is 5.41 Å². The van der Waals surface area contributed by atoms with Crippen molar-refractivity contribution in [1.29, 1.82) is 0 Å². The van der Waals surface area contributed by atoms with Crippen LogP contribution < -0.4 is 4.90 Å². The maximum atomic E-state index is 6.33. The van der Waals surface area contributed by atoms with Crippen LogP contribution in [0.25, 0.3) is 55.6 Å². The van der Waals surface area contributed by atoms with Gasteiger partial charge in [0.15, 0.2) is 5.58 Å². The molecule has 0 atom stereocenters. The van der Waals surface area contributed by atoms with Crippen LogP contribution in [0, 0.1) is 0 Å². The summed E-state index contributed by atoms with van der Waals surface area (Å²) in [7, 11) is 0. The van der Waals surface area contributed by atoms with Crippen LogP contribution in [0.15, 0.2) is 162 Å². The normalized spacial score (nSPS) is 13.1. The summed E-state index contributed by atoms with van der Waals surface area (Å²) in [5.74, 6) is 0.624. The van der Waals surface area contributed by atoms with Crippen LogP contribution in [0.4, 0.5) is 17.1 Å². The molecule has 1 heterocycles. The summed E-state index contributed by atoms with van der Waals surface area (Å²) in [6.45, 7) is 4.67. The van der Waals surface area contributed by atoms with Gasteiger partial charge in [-0.1, -0.05) is 117 Å². The van der Waals surface area contributed by atoms with Gasteiger partial charge in [-0.3, -0.25) is 0 Å². The lowest BCUT2D eigenvalue weighted by molar-refractivity contribution is 0.623. The van der Waals surface area contributed by atoms with E-state index in [1.54, 1.807) is 0 Å². The Morgan fingerprint density at radius 1 is 0.511 bits per heavy atom. The van der Waals surface area contributed by atoms with Crippen LogP contribution in [-0.4, -0.2) is 4.98 Å². The summed E-state index contributed by atoms with van der Waals surface area (Å²) in [5, 5.41) is 2.22. The highest BCUT2D eigenvalue weighted by Gasteiger charge is 2.36. The molecule has 8 aromatic rings. The molecule has 0 bridgehead atoms. The van der Waals surface area contributed by atoms with Gasteiger partial charge < -0.3 is 9.32 Å². The first kappa shape index (κ1) is 27.4. The van der Waals surface area contributed by atoms with E-state index in [2.05, 4.69) is 158 Å². The molecule has 0 radical (unpaired) electrons. The van der Waals surface area contributed by atoms with Gasteiger partial charge in [0.05, 0.1) is 0 Å². The second kappa shape index (κ2) is 10.6. The van der Waals surface area contributed by atoms with E-state index in [4.69, 9.17) is 9.40 Å². The highest BCUT2D eigenvalue weighted by molar-refractivity contribution is 6.03. The first-order chi connectivity index (χ1) is 23.1. The number of oxazole rings is 1. The summed E-state index contributed by atoms with van der Waals surface area (Å²) >= 11 is 0. The maximum absolute atomic E-state index is 6.33. The molecular weight excluding hydrogens is 572 g/mol. The highest BCUT2D eigenvalue weighted by atomic mass is 16.3. The minimum Gasteiger partial charge on any atom is -0.435 e. The van der Waals surface area contributed by atoms with Gasteiger partial charge in [0.1, 0.15) is 5.52 Å². The summed E-state index contributed by atoms with van der Waals surface area (Å²) in [6, 6.07) is 56.0. The van der Waals surface area contributed by atoms with Crippen molar-refractivity contribution in [3.63, 3.8) is 0 Å². The van der Waals surface area contributed by atoms with Gasteiger partial charge in [-0.25, -0.2) is 4.98 Å². The second-order valence-corrected chi connectivity index (χ2v) is 12.8. The Balaban J connectivity index is 1.09. The zero-order chi connectivity index (χ0) is 31.5. The quantitative estimate of drug-likeness (QED) is 0.196. The van der Waals surface area contributed by atoms with Crippen molar-refractivity contribution in [1.82, 2.24) is 4.98 Å². The Hall–Kier alpha value is -5.93. The Morgan fingerprint density at radius 2 is 1.13 bits per heavy atom. The van der Waals surface area contributed by atoms with Crippen molar-refractivity contribution in [3.05, 3.63) is 169 Å². The lowest BCUT2D eigenvalue weighted by atomic mass is 9.82. The third-order valence-corrected chi connectivity index (χ3v) is 9.71. The van der Waals surface area contributed by atoms with Crippen molar-refractivity contribution in [2.45, 2.75) is 19.3 Å². The summed E-state index contributed by atoms with van der Waals surface area (Å²) < 4.78 is 6.33. The Morgan fingerprint density at radius 3 is 1.91 bits per heavy atom. The van der Waals surface area contributed by atoms with Crippen molar-refractivity contribution in [2.75, 3.05) is 4.90 Å². The number of hydrogen-bond donors (Lipinski definition) is 0. The van der Waals surface area contributed by atoms with Gasteiger partial charge in [0, 0.05) is 33.4 Å². The zero-order valence-corrected chi connectivity index (χ0v) is 26.3. The standard InChI is InChI=1S/C44H32N2O/c1-44(2)38-17-9-8-15-37(38)41-35(16-10-18-39(41)44)30-19-24-33(25-20-30)46(32-12-4-3-5-13-32)34-26-21-31(22-27-34)43-45-40-28-23-29-11-6-7-14-36(29)42(40)47-43/h3-28H,1-2H3. The molecule has 1 aromatic heterocycles. The van der Waals surface area contributed by atoms with Crippen LogP contribution in [0.1, 0.15) is 25.0 Å². The molecule has 0 fully saturated rings. The Bertz CT molecular complexity index is 2420. The average Bonchev–Trinajstić information content (AvgIpc) is 3.67. The number of nitrogens with zero attached hydrogens (tertiary/aromatic N) is 2. The van der Waals surface area contributed by atoms with Gasteiger partial charge >= 0.3 is 0 Å². The van der Waals surface area contributed by atoms with E-state index in [1.165, 1.54) is 33.4 Å². The summed E-state index contributed by atoms with van der Waals surface area (Å²) in [4.78, 5) is 7.12. The van der Waals surface area contributed by atoms with Crippen LogP contribution >= 0.6 is 0 Å². The number of fused-ring (bicyclic) bond motifs is 6. The number of hydrogen-bond acceptors (Lipinski definition) is 3. The lowest BCUT2D eigenvalue weighted by Crippen LogP contribution is -2.14. The fourth-order valence-corrected chi connectivity index (χ4v) is 7.34. The highest BCUT2D eigenvalue weighted by Crippen LogP contribution is 2.52. The molecule has 9 rings (SSSR count). The van der Waals surface area contributed by atoms with Crippen molar-refractivity contribution >= 4 is 38.9 Å². The minimum absolute atomic E-state index is 0.0240. The number of anilines is 3. The van der Waals surface area contributed by atoms with Crippen molar-refractivity contribution in [2.24, 2.45) is 0 Å². The van der Waals surface area contributed by atoms with E-state index < -0.39 is 0 Å². The molecule has 3 heteroatoms. The zero-order valence-electron chi connectivity index (χ0n) is 26.3. The molecular formula is C44H32N2O. The predicted octanol–water partition coefficient (Wildman–Crippen LogP) is 12.1. The van der Waals surface area contributed by atoms with Crippen LogP contribution in [0.2, 0.25) is 0 Å². The Kier molecular flexibility index (Phi) is 6.16. The molecule has 3 nitrogen and oxygen atoms in total. The minimum atomic E-state index is -0.0240. The molecule has 0 spiro atoms. The van der Waals surface area contributed by atoms with Gasteiger partial charge in [0.25, 0.3) is 0 Å². The second-order valence-electron chi connectivity index (χ2n) is 12.8. The molecule has 1 aliphatic rings. The molecule has 0 unspecified atom stereocenters. The van der Waals surface area contributed by atoms with E-state index in [1.807, 2.05) is 18.2 Å². The third-order valence-electron chi connectivity index (χ3n) is 9.71. The van der Waals surface area contributed by atoms with E-state index >= 15 is 0 Å². The smallest absolute Gasteiger partial charge is 0.227 e. The molecule has 0 N–H and O–H groups in total. The number of rotatable bonds is 5. The summed E-state index contributed by atoms with van der Waals surface area (Å²) in [6.07, 6.45) is 0. The molecule has 0 amide bonds. The first-order valence-corrected chi connectivity index (χ1v) is 16.1.